The molecule has 0 aromatic heterocycles. The van der Waals surface area contributed by atoms with Crippen LogP contribution in [-0.4, -0.2) is 47.0 Å². The van der Waals surface area contributed by atoms with Crippen molar-refractivity contribution in [1.29, 1.82) is 0 Å². The molecule has 1 fully saturated rings. The number of carbonyl (C=O) groups is 1. The molecule has 3 atom stereocenters. The number of hydrogen-bond acceptors (Lipinski definition) is 5. The molecule has 0 spiro atoms. The maximum Gasteiger partial charge on any atom is 0.335 e. The van der Waals surface area contributed by atoms with Gasteiger partial charge in [-0.1, -0.05) is 27.4 Å². The van der Waals surface area contributed by atoms with Gasteiger partial charge in [0.05, 0.1) is 18.8 Å². The van der Waals surface area contributed by atoms with Gasteiger partial charge < -0.3 is 18.6 Å². The molecule has 0 aliphatic carbocycles. The van der Waals surface area contributed by atoms with Crippen molar-refractivity contribution in [2.45, 2.75) is 63.8 Å². The highest BCUT2D eigenvalue weighted by atomic mass is 28.4. The Morgan fingerprint density at radius 2 is 1.86 bits per heavy atom. The molecule has 1 aliphatic rings. The zero-order chi connectivity index (χ0) is 16.4. The average molecular weight is 316 g/mol. The predicted octanol–water partition coefficient (Wildman–Crippen LogP) is 2.87. The van der Waals surface area contributed by atoms with Crippen LogP contribution < -0.4 is 0 Å². The van der Waals surface area contributed by atoms with Crippen LogP contribution in [0.3, 0.4) is 0 Å². The summed E-state index contributed by atoms with van der Waals surface area (Å²) in [6.07, 6.45) is -0.547. The minimum Gasteiger partial charge on any atom is -0.466 e. The minimum atomic E-state index is -1.97. The molecule has 1 aliphatic heterocycles. The highest BCUT2D eigenvalue weighted by Gasteiger charge is 2.46. The molecule has 1 rings (SSSR count). The first kappa shape index (κ1) is 18.4. The summed E-state index contributed by atoms with van der Waals surface area (Å²) in [7, 11) is 0.940. The van der Waals surface area contributed by atoms with Gasteiger partial charge in [-0.3, -0.25) is 0 Å². The monoisotopic (exact) mass is 316 g/mol. The number of ether oxygens (including phenoxy) is 3. The first-order chi connectivity index (χ1) is 9.53. The van der Waals surface area contributed by atoms with Gasteiger partial charge in [-0.2, -0.15) is 0 Å². The normalized spacial score (nSPS) is 26.7. The Hall–Kier alpha value is -0.693. The van der Waals surface area contributed by atoms with E-state index in [4.69, 9.17) is 18.6 Å². The molecule has 0 aromatic carbocycles. The van der Waals surface area contributed by atoms with Crippen LogP contribution in [0.15, 0.2) is 12.2 Å². The van der Waals surface area contributed by atoms with Crippen LogP contribution in [-0.2, 0) is 23.4 Å². The summed E-state index contributed by atoms with van der Waals surface area (Å²) in [4.78, 5) is 11.7. The van der Waals surface area contributed by atoms with Gasteiger partial charge in [-0.25, -0.2) is 4.79 Å². The number of hydrogen-bond donors (Lipinski definition) is 0. The smallest absolute Gasteiger partial charge is 0.335 e. The molecule has 0 aromatic rings. The second kappa shape index (κ2) is 6.60. The van der Waals surface area contributed by atoms with Crippen molar-refractivity contribution in [1.82, 2.24) is 0 Å². The number of esters is 1. The van der Waals surface area contributed by atoms with E-state index in [2.05, 4.69) is 40.4 Å². The third kappa shape index (κ3) is 4.16. The zero-order valence-corrected chi connectivity index (χ0v) is 15.2. The van der Waals surface area contributed by atoms with Crippen molar-refractivity contribution in [3.8, 4) is 0 Å². The van der Waals surface area contributed by atoms with Crippen molar-refractivity contribution in [3.05, 3.63) is 12.2 Å². The fourth-order valence-corrected chi connectivity index (χ4v) is 3.32. The summed E-state index contributed by atoms with van der Waals surface area (Å²) in [5.41, 5.74) is 0.278. The third-order valence-electron chi connectivity index (χ3n) is 4.37. The second-order valence-electron chi connectivity index (χ2n) is 6.89. The molecule has 6 heteroatoms. The fraction of sp³-hybridized carbons (Fsp3) is 0.800. The molecule has 0 N–H and O–H groups in total. The molecular weight excluding hydrogens is 288 g/mol. The summed E-state index contributed by atoms with van der Waals surface area (Å²) in [6, 6.07) is 0. The molecule has 122 valence electrons. The first-order valence-corrected chi connectivity index (χ1v) is 10.1. The van der Waals surface area contributed by atoms with Crippen LogP contribution in [0.4, 0.5) is 0 Å². The van der Waals surface area contributed by atoms with Gasteiger partial charge in [0, 0.05) is 13.5 Å². The maximum absolute atomic E-state index is 11.7. The Balaban J connectivity index is 2.91. The summed E-state index contributed by atoms with van der Waals surface area (Å²) in [6.45, 7) is 14.7. The topological polar surface area (TPSA) is 54.0 Å². The lowest BCUT2D eigenvalue weighted by molar-refractivity contribution is -0.141. The Morgan fingerprint density at radius 3 is 2.29 bits per heavy atom. The lowest BCUT2D eigenvalue weighted by Gasteiger charge is -2.39. The zero-order valence-electron chi connectivity index (χ0n) is 14.2. The van der Waals surface area contributed by atoms with Crippen molar-refractivity contribution in [3.63, 3.8) is 0 Å². The summed E-state index contributed by atoms with van der Waals surface area (Å²) < 4.78 is 22.1. The minimum absolute atomic E-state index is 0.0787. The van der Waals surface area contributed by atoms with E-state index in [-0.39, 0.29) is 23.0 Å². The number of carbonyl (C=O) groups excluding carboxylic acids is 1. The summed E-state index contributed by atoms with van der Waals surface area (Å²) >= 11 is 0. The van der Waals surface area contributed by atoms with E-state index < -0.39 is 20.4 Å². The Bertz CT molecular complexity index is 399. The molecule has 0 saturated carbocycles. The van der Waals surface area contributed by atoms with Crippen LogP contribution in [0, 0.1) is 0 Å². The average Bonchev–Trinajstić information content (AvgIpc) is 2.77. The molecule has 1 saturated heterocycles. The Morgan fingerprint density at radius 1 is 1.29 bits per heavy atom. The molecule has 1 heterocycles. The molecule has 0 bridgehead atoms. The lowest BCUT2D eigenvalue weighted by Crippen LogP contribution is -2.46. The van der Waals surface area contributed by atoms with E-state index in [1.54, 1.807) is 7.11 Å². The third-order valence-corrected chi connectivity index (χ3v) is 8.87. The van der Waals surface area contributed by atoms with Gasteiger partial charge in [0.25, 0.3) is 0 Å². The van der Waals surface area contributed by atoms with Gasteiger partial charge in [-0.15, -0.1) is 0 Å². The van der Waals surface area contributed by atoms with E-state index >= 15 is 0 Å². The van der Waals surface area contributed by atoms with Crippen LogP contribution in [0.1, 0.15) is 27.2 Å². The van der Waals surface area contributed by atoms with Crippen LogP contribution >= 0.6 is 0 Å². The lowest BCUT2D eigenvalue weighted by atomic mass is 10.1. The predicted molar refractivity (Wildman–Crippen MR) is 83.5 cm³/mol. The van der Waals surface area contributed by atoms with Gasteiger partial charge in [0.1, 0.15) is 6.10 Å². The Labute approximate surface area is 128 Å². The van der Waals surface area contributed by atoms with E-state index in [0.717, 1.165) is 0 Å². The van der Waals surface area contributed by atoms with Gasteiger partial charge in [0.15, 0.2) is 14.6 Å². The van der Waals surface area contributed by atoms with E-state index in [9.17, 15) is 4.79 Å². The van der Waals surface area contributed by atoms with Crippen molar-refractivity contribution < 1.29 is 23.4 Å². The molecule has 0 unspecified atom stereocenters. The second-order valence-corrected chi connectivity index (χ2v) is 11.6. The van der Waals surface area contributed by atoms with Crippen LogP contribution in [0.5, 0.6) is 0 Å². The SMILES string of the molecule is C=C(C(=O)OC)[C@H]1O[C@@H](OC)C[C@@H]1O[Si](C)(C)C(C)(C)C. The largest absolute Gasteiger partial charge is 0.466 e. The highest BCUT2D eigenvalue weighted by Crippen LogP contribution is 2.40. The van der Waals surface area contributed by atoms with E-state index in [0.29, 0.717) is 6.42 Å². The fourth-order valence-electron chi connectivity index (χ4n) is 1.99. The highest BCUT2D eigenvalue weighted by molar-refractivity contribution is 6.74. The maximum atomic E-state index is 11.7. The standard InChI is InChI=1S/C15H28O5Si/c1-10(14(16)18-6)13-11(9-12(17-5)19-13)20-21(7,8)15(2,3)4/h11-13H,1,9H2,2-8H3/t11-,12+,13+/m0/s1. The summed E-state index contributed by atoms with van der Waals surface area (Å²) in [5, 5.41) is 0.0787. The van der Waals surface area contributed by atoms with Gasteiger partial charge in [0.2, 0.25) is 0 Å². The molecule has 0 radical (unpaired) electrons. The molecular formula is C15H28O5Si. The van der Waals surface area contributed by atoms with Crippen molar-refractivity contribution >= 4 is 14.3 Å². The van der Waals surface area contributed by atoms with Crippen LogP contribution in [0.2, 0.25) is 18.1 Å². The first-order valence-electron chi connectivity index (χ1n) is 7.16. The van der Waals surface area contributed by atoms with Crippen molar-refractivity contribution in [2.75, 3.05) is 14.2 Å². The molecule has 21 heavy (non-hydrogen) atoms. The van der Waals surface area contributed by atoms with Crippen molar-refractivity contribution in [2.24, 2.45) is 0 Å². The van der Waals surface area contributed by atoms with Gasteiger partial charge >= 0.3 is 5.97 Å². The van der Waals surface area contributed by atoms with Crippen LogP contribution in [0.25, 0.3) is 0 Å². The molecule has 5 nitrogen and oxygen atoms in total. The molecule has 0 amide bonds. The van der Waals surface area contributed by atoms with E-state index in [1.807, 2.05) is 0 Å². The number of rotatable bonds is 5. The summed E-state index contributed by atoms with van der Waals surface area (Å²) in [5.74, 6) is -0.472. The quantitative estimate of drug-likeness (QED) is 0.443. The number of methoxy groups -OCH3 is 2. The van der Waals surface area contributed by atoms with E-state index in [1.165, 1.54) is 7.11 Å². The Kier molecular flexibility index (Phi) is 5.77. The van der Waals surface area contributed by atoms with Gasteiger partial charge in [-0.05, 0) is 18.1 Å².